The van der Waals surface area contributed by atoms with Crippen LogP contribution in [-0.4, -0.2) is 22.3 Å². The lowest BCUT2D eigenvalue weighted by Gasteiger charge is -2.10. The SMILES string of the molecule is O=C(Nc1nn(Cc2c(Cl)cccc2Cl)cc1Cl)c1ccccc1OC(F)F. The molecular weight excluding hydrogens is 435 g/mol. The molecule has 0 saturated heterocycles. The molecule has 0 radical (unpaired) electrons. The highest BCUT2D eigenvalue weighted by Crippen LogP contribution is 2.28. The van der Waals surface area contributed by atoms with Gasteiger partial charge < -0.3 is 10.1 Å². The summed E-state index contributed by atoms with van der Waals surface area (Å²) in [5.41, 5.74) is 0.557. The molecule has 0 atom stereocenters. The summed E-state index contributed by atoms with van der Waals surface area (Å²) in [4.78, 5) is 12.5. The van der Waals surface area contributed by atoms with E-state index in [1.54, 1.807) is 18.2 Å². The van der Waals surface area contributed by atoms with Crippen LogP contribution in [0.1, 0.15) is 15.9 Å². The summed E-state index contributed by atoms with van der Waals surface area (Å²) in [7, 11) is 0. The Morgan fingerprint density at radius 3 is 2.43 bits per heavy atom. The molecule has 0 bridgehead atoms. The van der Waals surface area contributed by atoms with Gasteiger partial charge >= 0.3 is 6.61 Å². The maximum atomic E-state index is 12.5. The molecule has 1 amide bonds. The summed E-state index contributed by atoms with van der Waals surface area (Å²) in [5.74, 6) is -0.894. The van der Waals surface area contributed by atoms with Crippen LogP contribution in [-0.2, 0) is 6.54 Å². The Morgan fingerprint density at radius 2 is 1.75 bits per heavy atom. The summed E-state index contributed by atoms with van der Waals surface area (Å²) in [6, 6.07) is 10.7. The molecule has 146 valence electrons. The van der Waals surface area contributed by atoms with Crippen LogP contribution in [0.4, 0.5) is 14.6 Å². The number of anilines is 1. The molecule has 0 aliphatic rings. The lowest BCUT2D eigenvalue weighted by atomic mass is 10.2. The van der Waals surface area contributed by atoms with Gasteiger partial charge in [-0.05, 0) is 24.3 Å². The molecule has 3 rings (SSSR count). The first-order valence-corrected chi connectivity index (χ1v) is 8.99. The average molecular weight is 447 g/mol. The number of alkyl halides is 2. The van der Waals surface area contributed by atoms with Gasteiger partial charge in [-0.15, -0.1) is 0 Å². The van der Waals surface area contributed by atoms with Crippen molar-refractivity contribution in [3.63, 3.8) is 0 Å². The molecule has 10 heteroatoms. The second kappa shape index (κ2) is 8.77. The maximum absolute atomic E-state index is 12.5. The van der Waals surface area contributed by atoms with Crippen molar-refractivity contribution in [2.24, 2.45) is 0 Å². The number of halogens is 5. The predicted octanol–water partition coefficient (Wildman–Crippen LogP) is 5.75. The van der Waals surface area contributed by atoms with Crippen molar-refractivity contribution in [1.82, 2.24) is 9.78 Å². The highest BCUT2D eigenvalue weighted by atomic mass is 35.5. The Labute approximate surface area is 173 Å². The smallest absolute Gasteiger partial charge is 0.387 e. The normalized spacial score (nSPS) is 10.9. The number of nitrogens with zero attached hydrogens (tertiary/aromatic N) is 2. The van der Waals surface area contributed by atoms with Crippen LogP contribution < -0.4 is 10.1 Å². The van der Waals surface area contributed by atoms with E-state index in [1.807, 2.05) is 0 Å². The van der Waals surface area contributed by atoms with Gasteiger partial charge in [-0.1, -0.05) is 53.0 Å². The summed E-state index contributed by atoms with van der Waals surface area (Å²) < 4.78 is 30.9. The lowest BCUT2D eigenvalue weighted by Crippen LogP contribution is -2.15. The van der Waals surface area contributed by atoms with Crippen LogP contribution in [0, 0.1) is 0 Å². The van der Waals surface area contributed by atoms with Crippen molar-refractivity contribution in [1.29, 1.82) is 0 Å². The Morgan fingerprint density at radius 1 is 1.07 bits per heavy atom. The monoisotopic (exact) mass is 445 g/mol. The number of hydrogen-bond donors (Lipinski definition) is 1. The van der Waals surface area contributed by atoms with Gasteiger partial charge in [0.05, 0.1) is 12.1 Å². The number of carbonyl (C=O) groups is 1. The van der Waals surface area contributed by atoms with E-state index in [4.69, 9.17) is 34.8 Å². The molecular formula is C18H12Cl3F2N3O2. The van der Waals surface area contributed by atoms with E-state index in [2.05, 4.69) is 15.2 Å². The van der Waals surface area contributed by atoms with Crippen molar-refractivity contribution >= 4 is 46.5 Å². The van der Waals surface area contributed by atoms with Crippen LogP contribution in [0.25, 0.3) is 0 Å². The molecule has 1 aromatic heterocycles. The Kier molecular flexibility index (Phi) is 6.39. The van der Waals surface area contributed by atoms with Crippen LogP contribution in [0.5, 0.6) is 5.75 Å². The molecule has 0 saturated carbocycles. The fourth-order valence-electron chi connectivity index (χ4n) is 2.44. The number of benzene rings is 2. The molecule has 0 fully saturated rings. The van der Waals surface area contributed by atoms with Crippen molar-refractivity contribution in [2.45, 2.75) is 13.2 Å². The zero-order chi connectivity index (χ0) is 20.3. The van der Waals surface area contributed by atoms with Crippen LogP contribution in [0.15, 0.2) is 48.7 Å². The molecule has 3 aromatic rings. The fourth-order valence-corrected chi connectivity index (χ4v) is 3.15. The molecule has 0 unspecified atom stereocenters. The van der Waals surface area contributed by atoms with Gasteiger partial charge in [0.25, 0.3) is 5.91 Å². The number of para-hydroxylation sites is 1. The van der Waals surface area contributed by atoms with Gasteiger partial charge in [0.1, 0.15) is 10.8 Å². The zero-order valence-electron chi connectivity index (χ0n) is 14.0. The highest BCUT2D eigenvalue weighted by molar-refractivity contribution is 6.36. The van der Waals surface area contributed by atoms with Gasteiger partial charge in [-0.3, -0.25) is 9.48 Å². The quantitative estimate of drug-likeness (QED) is 0.525. The van der Waals surface area contributed by atoms with E-state index in [0.29, 0.717) is 15.6 Å². The molecule has 5 nitrogen and oxygen atoms in total. The van der Waals surface area contributed by atoms with Gasteiger partial charge in [0.2, 0.25) is 0 Å². The maximum Gasteiger partial charge on any atom is 0.387 e. The third-order valence-corrected chi connectivity index (χ3v) is 4.66. The van der Waals surface area contributed by atoms with Crippen molar-refractivity contribution in [3.8, 4) is 5.75 Å². The van der Waals surface area contributed by atoms with Crippen LogP contribution in [0.3, 0.4) is 0 Å². The van der Waals surface area contributed by atoms with Gasteiger partial charge in [-0.2, -0.15) is 13.9 Å². The van der Waals surface area contributed by atoms with E-state index >= 15 is 0 Å². The molecule has 0 aliphatic carbocycles. The number of hydrogen-bond acceptors (Lipinski definition) is 3. The van der Waals surface area contributed by atoms with E-state index in [9.17, 15) is 13.6 Å². The van der Waals surface area contributed by atoms with Crippen molar-refractivity contribution < 1.29 is 18.3 Å². The van der Waals surface area contributed by atoms with E-state index in [0.717, 1.165) is 0 Å². The lowest BCUT2D eigenvalue weighted by molar-refractivity contribution is -0.0501. The molecule has 1 heterocycles. The average Bonchev–Trinajstić information content (AvgIpc) is 2.97. The second-order valence-corrected chi connectivity index (χ2v) is 6.77. The Bertz CT molecular complexity index is 991. The van der Waals surface area contributed by atoms with Gasteiger partial charge in [0, 0.05) is 21.8 Å². The summed E-state index contributed by atoms with van der Waals surface area (Å²) >= 11 is 18.4. The summed E-state index contributed by atoms with van der Waals surface area (Å²) in [6.07, 6.45) is 1.48. The van der Waals surface area contributed by atoms with Crippen LogP contribution >= 0.6 is 34.8 Å². The fraction of sp³-hybridized carbons (Fsp3) is 0.111. The molecule has 28 heavy (non-hydrogen) atoms. The summed E-state index contributed by atoms with van der Waals surface area (Å²) in [5, 5.41) is 7.75. The largest absolute Gasteiger partial charge is 0.434 e. The van der Waals surface area contributed by atoms with Gasteiger partial charge in [0.15, 0.2) is 5.82 Å². The first kappa shape index (κ1) is 20.4. The van der Waals surface area contributed by atoms with E-state index in [1.165, 1.54) is 35.1 Å². The van der Waals surface area contributed by atoms with Crippen LogP contribution in [0.2, 0.25) is 15.1 Å². The third kappa shape index (κ3) is 4.73. The number of ether oxygens (including phenoxy) is 1. The van der Waals surface area contributed by atoms with Gasteiger partial charge in [-0.25, -0.2) is 0 Å². The second-order valence-electron chi connectivity index (χ2n) is 5.55. The molecule has 2 aromatic carbocycles. The first-order chi connectivity index (χ1) is 13.3. The van der Waals surface area contributed by atoms with Crippen molar-refractivity contribution in [3.05, 3.63) is 74.9 Å². The third-order valence-electron chi connectivity index (χ3n) is 3.68. The number of amides is 1. The first-order valence-electron chi connectivity index (χ1n) is 7.86. The number of carbonyl (C=O) groups excluding carboxylic acids is 1. The molecule has 0 spiro atoms. The zero-order valence-corrected chi connectivity index (χ0v) is 16.3. The molecule has 1 N–H and O–H groups in total. The minimum atomic E-state index is -3.06. The topological polar surface area (TPSA) is 56.2 Å². The van der Waals surface area contributed by atoms with Crippen molar-refractivity contribution in [2.75, 3.05) is 5.32 Å². The predicted molar refractivity (Wildman–Crippen MR) is 104 cm³/mol. The minimum absolute atomic E-state index is 0.0571. The summed E-state index contributed by atoms with van der Waals surface area (Å²) in [6.45, 7) is -2.84. The number of aromatic nitrogens is 2. The van der Waals surface area contributed by atoms with E-state index in [-0.39, 0.29) is 28.7 Å². The highest BCUT2D eigenvalue weighted by Gasteiger charge is 2.18. The number of rotatable bonds is 6. The number of nitrogens with one attached hydrogen (secondary N) is 1. The minimum Gasteiger partial charge on any atom is -0.434 e. The molecule has 0 aliphatic heterocycles. The standard InChI is InChI=1S/C18H12Cl3F2N3O2/c19-12-5-3-6-13(20)11(12)8-26-9-14(21)16(25-26)24-17(27)10-4-1-2-7-15(10)28-18(22)23/h1-7,9,18H,8H2,(H,24,25,27). The Balaban J connectivity index is 1.80. The van der Waals surface area contributed by atoms with E-state index < -0.39 is 12.5 Å². The Hall–Kier alpha value is -2.35.